The number of nitrogens with two attached hydrogens (primary N) is 1. The third-order valence-corrected chi connectivity index (χ3v) is 6.67. The Hall–Kier alpha value is -4.22. The summed E-state index contributed by atoms with van der Waals surface area (Å²) in [6.45, 7) is 1.57. The van der Waals surface area contributed by atoms with Crippen LogP contribution >= 0.6 is 11.3 Å². The fourth-order valence-electron chi connectivity index (χ4n) is 4.23. The smallest absolute Gasteiger partial charge is 0.159 e. The number of hydrogen-bond donors (Lipinski definition) is 3. The number of aromatic amines is 2. The zero-order valence-corrected chi connectivity index (χ0v) is 18.6. The maximum Gasteiger partial charge on any atom is 0.159 e. The average molecular weight is 467 g/mol. The van der Waals surface area contributed by atoms with Crippen LogP contribution in [0.5, 0.6) is 0 Å². The zero-order valence-electron chi connectivity index (χ0n) is 17.8. The molecule has 6 aromatic heterocycles. The molecule has 1 saturated heterocycles. The highest BCUT2D eigenvalue weighted by Crippen LogP contribution is 2.32. The lowest BCUT2D eigenvalue weighted by Gasteiger charge is -2.37. The highest BCUT2D eigenvalue weighted by Gasteiger charge is 2.25. The second-order valence-electron chi connectivity index (χ2n) is 8.27. The number of hydrogen-bond acceptors (Lipinski definition) is 9. The van der Waals surface area contributed by atoms with Crippen LogP contribution in [0.1, 0.15) is 0 Å². The predicted octanol–water partition coefficient (Wildman–Crippen LogP) is 3.23. The molecule has 1 aliphatic rings. The molecule has 166 valence electrons. The van der Waals surface area contributed by atoms with Gasteiger partial charge in [-0.05, 0) is 23.6 Å². The molecule has 1 fully saturated rings. The molecule has 0 unspecified atom stereocenters. The molecule has 6 aromatic rings. The topological polar surface area (TPSA) is 138 Å². The minimum atomic E-state index is 0.191. The minimum Gasteiger partial charge on any atom is -0.352 e. The summed E-state index contributed by atoms with van der Waals surface area (Å²) in [5, 5.41) is 12.5. The highest BCUT2D eigenvalue weighted by atomic mass is 32.1. The van der Waals surface area contributed by atoms with Crippen LogP contribution in [0.4, 0.5) is 5.82 Å². The van der Waals surface area contributed by atoms with Gasteiger partial charge >= 0.3 is 0 Å². The maximum absolute atomic E-state index is 5.92. The molecule has 0 aliphatic carbocycles. The van der Waals surface area contributed by atoms with Gasteiger partial charge < -0.3 is 15.6 Å². The van der Waals surface area contributed by atoms with Crippen LogP contribution in [0.3, 0.4) is 0 Å². The largest absolute Gasteiger partial charge is 0.352 e. The SMILES string of the molecule is NC1CN(c2cncc(-c3cnc4[nH]nc(-c5nc6c(-c7ccsc7)nccc6[nH]5)c4c3)n2)C1. The first-order chi connectivity index (χ1) is 16.7. The third kappa shape index (κ3) is 3.05. The number of pyridine rings is 2. The number of aromatic nitrogens is 8. The van der Waals surface area contributed by atoms with Crippen molar-refractivity contribution in [1.82, 2.24) is 40.1 Å². The second-order valence-corrected chi connectivity index (χ2v) is 9.05. The van der Waals surface area contributed by atoms with Crippen LogP contribution in [0.2, 0.25) is 0 Å². The fourth-order valence-corrected chi connectivity index (χ4v) is 4.87. The number of imidazole rings is 1. The van der Waals surface area contributed by atoms with E-state index in [1.165, 1.54) is 0 Å². The molecule has 10 nitrogen and oxygen atoms in total. The fraction of sp³-hybridized carbons (Fsp3) is 0.130. The Labute approximate surface area is 196 Å². The van der Waals surface area contributed by atoms with Crippen LogP contribution in [-0.4, -0.2) is 59.2 Å². The van der Waals surface area contributed by atoms with Crippen LogP contribution in [0, 0.1) is 0 Å². The zero-order chi connectivity index (χ0) is 22.6. The van der Waals surface area contributed by atoms with Crippen molar-refractivity contribution in [3.8, 4) is 34.0 Å². The van der Waals surface area contributed by atoms with Gasteiger partial charge in [0.05, 0.1) is 34.7 Å². The number of nitrogens with zero attached hydrogens (tertiary/aromatic N) is 7. The molecule has 4 N–H and O–H groups in total. The van der Waals surface area contributed by atoms with Crippen LogP contribution in [0.25, 0.3) is 56.1 Å². The van der Waals surface area contributed by atoms with E-state index in [1.54, 1.807) is 36.1 Å². The lowest BCUT2D eigenvalue weighted by Crippen LogP contribution is -2.56. The molecule has 1 aliphatic heterocycles. The van der Waals surface area contributed by atoms with Crippen molar-refractivity contribution >= 4 is 39.2 Å². The van der Waals surface area contributed by atoms with E-state index in [4.69, 9.17) is 15.7 Å². The normalized spacial score (nSPS) is 14.2. The molecule has 0 aromatic carbocycles. The molecule has 0 saturated carbocycles. The van der Waals surface area contributed by atoms with E-state index in [1.807, 2.05) is 23.6 Å². The Morgan fingerprint density at radius 1 is 1.03 bits per heavy atom. The molecule has 34 heavy (non-hydrogen) atoms. The van der Waals surface area contributed by atoms with Gasteiger partial charge in [-0.15, -0.1) is 0 Å². The van der Waals surface area contributed by atoms with Gasteiger partial charge in [0.1, 0.15) is 17.0 Å². The lowest BCUT2D eigenvalue weighted by molar-refractivity contribution is 0.514. The summed E-state index contributed by atoms with van der Waals surface area (Å²) < 4.78 is 0. The number of fused-ring (bicyclic) bond motifs is 2. The Bertz CT molecular complexity index is 1650. The summed E-state index contributed by atoms with van der Waals surface area (Å²) in [5.41, 5.74) is 12.5. The average Bonchev–Trinajstić information content (AvgIpc) is 3.60. The molecule has 0 spiro atoms. The maximum atomic E-state index is 5.92. The van der Waals surface area contributed by atoms with E-state index in [0.717, 1.165) is 57.8 Å². The number of anilines is 1. The van der Waals surface area contributed by atoms with Gasteiger partial charge in [-0.2, -0.15) is 16.4 Å². The summed E-state index contributed by atoms with van der Waals surface area (Å²) in [7, 11) is 0. The number of thiophene rings is 1. The first kappa shape index (κ1) is 19.3. The second kappa shape index (κ2) is 7.40. The van der Waals surface area contributed by atoms with Crippen LogP contribution < -0.4 is 10.6 Å². The molecular formula is C23H18N10S. The van der Waals surface area contributed by atoms with Gasteiger partial charge in [0, 0.05) is 48.0 Å². The first-order valence-electron chi connectivity index (χ1n) is 10.8. The number of nitrogens with one attached hydrogen (secondary N) is 2. The van der Waals surface area contributed by atoms with Gasteiger partial charge in [0.2, 0.25) is 0 Å². The Morgan fingerprint density at radius 2 is 1.97 bits per heavy atom. The summed E-state index contributed by atoms with van der Waals surface area (Å²) in [4.78, 5) is 28.6. The van der Waals surface area contributed by atoms with Crippen LogP contribution in [-0.2, 0) is 0 Å². The monoisotopic (exact) mass is 466 g/mol. The van der Waals surface area contributed by atoms with E-state index in [0.29, 0.717) is 17.2 Å². The van der Waals surface area contributed by atoms with E-state index >= 15 is 0 Å². The summed E-state index contributed by atoms with van der Waals surface area (Å²) in [5.74, 6) is 1.47. The van der Waals surface area contributed by atoms with Crippen LogP contribution in [0.15, 0.2) is 53.7 Å². The van der Waals surface area contributed by atoms with Crippen molar-refractivity contribution in [1.29, 1.82) is 0 Å². The van der Waals surface area contributed by atoms with Gasteiger partial charge in [-0.3, -0.25) is 15.1 Å². The van der Waals surface area contributed by atoms with E-state index in [2.05, 4.69) is 40.4 Å². The predicted molar refractivity (Wildman–Crippen MR) is 131 cm³/mol. The van der Waals surface area contributed by atoms with E-state index in [9.17, 15) is 0 Å². The Kier molecular flexibility index (Phi) is 4.19. The minimum absolute atomic E-state index is 0.191. The molecule has 7 rings (SSSR count). The molecule has 11 heteroatoms. The summed E-state index contributed by atoms with van der Waals surface area (Å²) in [6, 6.07) is 6.17. The number of H-pyrrole nitrogens is 2. The van der Waals surface area contributed by atoms with E-state index < -0.39 is 0 Å². The third-order valence-electron chi connectivity index (χ3n) is 5.99. The van der Waals surface area contributed by atoms with Gasteiger partial charge in [-0.1, -0.05) is 0 Å². The molecule has 0 atom stereocenters. The quantitative estimate of drug-likeness (QED) is 0.360. The van der Waals surface area contributed by atoms with Gasteiger partial charge in [0.25, 0.3) is 0 Å². The molecule has 7 heterocycles. The molecule has 0 amide bonds. The van der Waals surface area contributed by atoms with Crippen molar-refractivity contribution in [3.63, 3.8) is 0 Å². The Morgan fingerprint density at radius 3 is 2.82 bits per heavy atom. The van der Waals surface area contributed by atoms with Crippen molar-refractivity contribution in [2.45, 2.75) is 6.04 Å². The van der Waals surface area contributed by atoms with Crippen molar-refractivity contribution < 1.29 is 0 Å². The molecule has 0 bridgehead atoms. The Balaban J connectivity index is 1.31. The summed E-state index contributed by atoms with van der Waals surface area (Å²) in [6.07, 6.45) is 7.07. The van der Waals surface area contributed by atoms with Crippen molar-refractivity contribution in [2.75, 3.05) is 18.0 Å². The van der Waals surface area contributed by atoms with Crippen molar-refractivity contribution in [2.24, 2.45) is 5.73 Å². The highest BCUT2D eigenvalue weighted by molar-refractivity contribution is 7.08. The molecule has 0 radical (unpaired) electrons. The summed E-state index contributed by atoms with van der Waals surface area (Å²) >= 11 is 1.63. The van der Waals surface area contributed by atoms with Crippen molar-refractivity contribution in [3.05, 3.63) is 53.7 Å². The standard InChI is InChI=1S/C23H18N10S/c24-14-9-33(10-14)18-8-25-7-17(28-18)13-5-15-20(31-32-22(15)27-6-13)23-29-16-1-3-26-19(21(16)30-23)12-2-4-34-11-12/h1-8,11,14H,9-10,24H2,(H,29,30)(H,27,31,32). The number of rotatable bonds is 4. The van der Waals surface area contributed by atoms with E-state index in [-0.39, 0.29) is 6.04 Å². The van der Waals surface area contributed by atoms with Gasteiger partial charge in [0.15, 0.2) is 11.5 Å². The first-order valence-corrected chi connectivity index (χ1v) is 11.7. The molecular weight excluding hydrogens is 448 g/mol. The van der Waals surface area contributed by atoms with Gasteiger partial charge in [-0.25, -0.2) is 15.0 Å². The lowest BCUT2D eigenvalue weighted by atomic mass is 10.1.